The number of terminal acetylenes is 1. The molecule has 0 saturated carbocycles. The van der Waals surface area contributed by atoms with Gasteiger partial charge in [-0.15, -0.1) is 16.6 Å². The van der Waals surface area contributed by atoms with E-state index in [4.69, 9.17) is 15.9 Å². The van der Waals surface area contributed by atoms with Gasteiger partial charge in [0.15, 0.2) is 0 Å². The predicted octanol–water partition coefficient (Wildman–Crippen LogP) is 1.77. The van der Waals surface area contributed by atoms with E-state index in [1.165, 1.54) is 0 Å². The van der Waals surface area contributed by atoms with Crippen molar-refractivity contribution in [2.75, 3.05) is 26.3 Å². The summed E-state index contributed by atoms with van der Waals surface area (Å²) >= 11 is 0. The Hall–Kier alpha value is -3.70. The van der Waals surface area contributed by atoms with Crippen LogP contribution < -0.4 is 4.74 Å². The van der Waals surface area contributed by atoms with Gasteiger partial charge in [-0.05, 0) is 35.5 Å². The molecule has 8 heteroatoms. The molecule has 29 heavy (non-hydrogen) atoms. The average Bonchev–Trinajstić information content (AvgIpc) is 3.33. The van der Waals surface area contributed by atoms with Crippen molar-refractivity contribution in [2.24, 2.45) is 0 Å². The van der Waals surface area contributed by atoms with E-state index < -0.39 is 0 Å². The highest BCUT2D eigenvalue weighted by atomic mass is 16.5. The van der Waals surface area contributed by atoms with Gasteiger partial charge >= 0.3 is 0 Å². The topological polar surface area (TPSA) is 93.2 Å². The van der Waals surface area contributed by atoms with E-state index in [0.717, 1.165) is 11.1 Å². The Labute approximate surface area is 167 Å². The first-order valence-corrected chi connectivity index (χ1v) is 9.17. The maximum Gasteiger partial charge on any atom is 0.254 e. The van der Waals surface area contributed by atoms with E-state index in [2.05, 4.69) is 26.5 Å². The van der Waals surface area contributed by atoms with Gasteiger partial charge in [0.1, 0.15) is 18.5 Å². The van der Waals surface area contributed by atoms with Gasteiger partial charge in [-0.3, -0.25) is 4.79 Å². The summed E-state index contributed by atoms with van der Waals surface area (Å²) in [4.78, 5) is 14.6. The third-order valence-electron chi connectivity index (χ3n) is 4.60. The Kier molecular flexibility index (Phi) is 5.49. The van der Waals surface area contributed by atoms with E-state index in [9.17, 15) is 4.79 Å². The number of morpholine rings is 1. The molecule has 1 aliphatic rings. The minimum absolute atomic E-state index is 0.0488. The highest BCUT2D eigenvalue weighted by Crippen LogP contribution is 2.18. The minimum atomic E-state index is -0.208. The Morgan fingerprint density at radius 2 is 2.17 bits per heavy atom. The van der Waals surface area contributed by atoms with Crippen LogP contribution in [0.1, 0.15) is 15.9 Å². The Balaban J connectivity index is 1.36. The Bertz CT molecular complexity index is 1010. The number of carbonyl (C=O) groups excluding carboxylic acids is 1. The summed E-state index contributed by atoms with van der Waals surface area (Å²) in [6, 6.07) is 14.5. The van der Waals surface area contributed by atoms with Crippen LogP contribution in [0.25, 0.3) is 11.4 Å². The summed E-state index contributed by atoms with van der Waals surface area (Å²) in [6.45, 7) is 1.80. The van der Waals surface area contributed by atoms with Crippen molar-refractivity contribution in [3.8, 4) is 29.5 Å². The molecule has 1 unspecified atom stereocenters. The molecule has 2 aromatic carbocycles. The quantitative estimate of drug-likeness (QED) is 0.669. The van der Waals surface area contributed by atoms with Crippen molar-refractivity contribution in [3.05, 3.63) is 59.7 Å². The lowest BCUT2D eigenvalue weighted by Gasteiger charge is -2.33. The SMILES string of the molecule is C#Cc1cccc(OCC2CN(C(=O)c3ccc(-c4nn[nH]n4)cc3)CCO2)c1. The predicted molar refractivity (Wildman–Crippen MR) is 105 cm³/mol. The summed E-state index contributed by atoms with van der Waals surface area (Å²) in [5, 5.41) is 13.8. The number of hydrogen-bond donors (Lipinski definition) is 1. The molecule has 0 bridgehead atoms. The summed E-state index contributed by atoms with van der Waals surface area (Å²) in [6.07, 6.45) is 5.21. The fourth-order valence-electron chi connectivity index (χ4n) is 3.10. The number of amides is 1. The summed E-state index contributed by atoms with van der Waals surface area (Å²) in [7, 11) is 0. The smallest absolute Gasteiger partial charge is 0.254 e. The van der Waals surface area contributed by atoms with Gasteiger partial charge in [0, 0.05) is 23.2 Å². The van der Waals surface area contributed by atoms with Crippen molar-refractivity contribution in [1.29, 1.82) is 0 Å². The van der Waals surface area contributed by atoms with E-state index in [1.54, 1.807) is 35.2 Å². The number of aromatic amines is 1. The fourth-order valence-corrected chi connectivity index (χ4v) is 3.10. The van der Waals surface area contributed by atoms with Crippen molar-refractivity contribution >= 4 is 5.91 Å². The van der Waals surface area contributed by atoms with E-state index in [-0.39, 0.29) is 12.0 Å². The first kappa shape index (κ1) is 18.7. The molecule has 1 amide bonds. The van der Waals surface area contributed by atoms with Crippen LogP contribution in [0.5, 0.6) is 5.75 Å². The first-order chi connectivity index (χ1) is 14.2. The third kappa shape index (κ3) is 4.42. The largest absolute Gasteiger partial charge is 0.491 e. The minimum Gasteiger partial charge on any atom is -0.491 e. The van der Waals surface area contributed by atoms with Gasteiger partial charge < -0.3 is 14.4 Å². The molecule has 0 aliphatic carbocycles. The number of benzene rings is 2. The fraction of sp³-hybridized carbons (Fsp3) is 0.238. The van der Waals surface area contributed by atoms with E-state index in [0.29, 0.717) is 43.4 Å². The monoisotopic (exact) mass is 389 g/mol. The van der Waals surface area contributed by atoms with Crippen LogP contribution in [-0.4, -0.2) is 63.8 Å². The number of hydrogen-bond acceptors (Lipinski definition) is 6. The molecule has 8 nitrogen and oxygen atoms in total. The van der Waals surface area contributed by atoms with Crippen LogP contribution in [0, 0.1) is 12.3 Å². The maximum atomic E-state index is 12.9. The molecular formula is C21H19N5O3. The lowest BCUT2D eigenvalue weighted by atomic mass is 10.1. The zero-order valence-corrected chi connectivity index (χ0v) is 15.6. The second-order valence-corrected chi connectivity index (χ2v) is 6.54. The number of H-pyrrole nitrogens is 1. The second-order valence-electron chi connectivity index (χ2n) is 6.54. The van der Waals surface area contributed by atoms with Crippen LogP contribution in [0.2, 0.25) is 0 Å². The standard InChI is InChI=1S/C21H19N5O3/c1-2-15-4-3-5-18(12-15)29-14-19-13-26(10-11-28-19)21(27)17-8-6-16(7-9-17)20-22-24-25-23-20/h1,3-9,12,19H,10-11,13-14H2,(H,22,23,24,25). The van der Waals surface area contributed by atoms with Gasteiger partial charge in [0.25, 0.3) is 5.91 Å². The molecular weight excluding hydrogens is 370 g/mol. The van der Waals surface area contributed by atoms with Crippen LogP contribution in [0.15, 0.2) is 48.5 Å². The van der Waals surface area contributed by atoms with Crippen molar-refractivity contribution in [1.82, 2.24) is 25.5 Å². The molecule has 1 aromatic heterocycles. The van der Waals surface area contributed by atoms with Gasteiger partial charge in [-0.2, -0.15) is 5.21 Å². The molecule has 3 aromatic rings. The molecule has 1 atom stereocenters. The average molecular weight is 389 g/mol. The zero-order chi connectivity index (χ0) is 20.1. The van der Waals surface area contributed by atoms with Gasteiger partial charge in [0.2, 0.25) is 5.82 Å². The number of ether oxygens (including phenoxy) is 2. The lowest BCUT2D eigenvalue weighted by Crippen LogP contribution is -2.47. The molecule has 1 aliphatic heterocycles. The molecule has 1 saturated heterocycles. The second kappa shape index (κ2) is 8.54. The number of rotatable bonds is 5. The van der Waals surface area contributed by atoms with Gasteiger partial charge in [-0.25, -0.2) is 0 Å². The third-order valence-corrected chi connectivity index (χ3v) is 4.60. The summed E-state index contributed by atoms with van der Waals surface area (Å²) in [5.74, 6) is 3.70. The lowest BCUT2D eigenvalue weighted by molar-refractivity contribution is -0.0401. The molecule has 0 radical (unpaired) electrons. The normalized spacial score (nSPS) is 16.2. The van der Waals surface area contributed by atoms with Crippen molar-refractivity contribution in [3.63, 3.8) is 0 Å². The number of aromatic nitrogens is 4. The van der Waals surface area contributed by atoms with Crippen LogP contribution in [0.3, 0.4) is 0 Å². The Morgan fingerprint density at radius 3 is 2.93 bits per heavy atom. The molecule has 4 rings (SSSR count). The number of nitrogens with zero attached hydrogens (tertiary/aromatic N) is 4. The van der Waals surface area contributed by atoms with Crippen LogP contribution >= 0.6 is 0 Å². The van der Waals surface area contributed by atoms with Gasteiger partial charge in [-0.1, -0.05) is 24.1 Å². The molecule has 146 valence electrons. The summed E-state index contributed by atoms with van der Waals surface area (Å²) in [5.41, 5.74) is 2.14. The number of carbonyl (C=O) groups is 1. The van der Waals surface area contributed by atoms with Crippen LogP contribution in [-0.2, 0) is 4.74 Å². The van der Waals surface area contributed by atoms with E-state index in [1.807, 2.05) is 18.2 Å². The molecule has 2 heterocycles. The number of tetrazole rings is 1. The maximum absolute atomic E-state index is 12.9. The molecule has 0 spiro atoms. The highest BCUT2D eigenvalue weighted by molar-refractivity contribution is 5.94. The van der Waals surface area contributed by atoms with Gasteiger partial charge in [0.05, 0.1) is 13.2 Å². The van der Waals surface area contributed by atoms with Crippen molar-refractivity contribution < 1.29 is 14.3 Å². The van der Waals surface area contributed by atoms with Crippen LogP contribution in [0.4, 0.5) is 0 Å². The first-order valence-electron chi connectivity index (χ1n) is 9.17. The summed E-state index contributed by atoms with van der Waals surface area (Å²) < 4.78 is 11.6. The molecule has 1 N–H and O–H groups in total. The van der Waals surface area contributed by atoms with E-state index >= 15 is 0 Å². The zero-order valence-electron chi connectivity index (χ0n) is 15.6. The molecule has 1 fully saturated rings. The van der Waals surface area contributed by atoms with Crippen molar-refractivity contribution in [2.45, 2.75) is 6.10 Å². The highest BCUT2D eigenvalue weighted by Gasteiger charge is 2.25. The Morgan fingerprint density at radius 1 is 1.31 bits per heavy atom. The number of nitrogens with one attached hydrogen (secondary N) is 1.